The van der Waals surface area contributed by atoms with E-state index >= 15 is 0 Å². The number of rotatable bonds is 0. The number of anilines is 1. The molecule has 1 aromatic carbocycles. The molecule has 3 N–H and O–H groups in total. The van der Waals surface area contributed by atoms with Crippen molar-refractivity contribution >= 4 is 33.3 Å². The van der Waals surface area contributed by atoms with E-state index in [1.807, 2.05) is 19.9 Å². The maximum atomic E-state index is 13.2. The number of hydrogen-bond donors (Lipinski definition) is 2. The first-order valence-corrected chi connectivity index (χ1v) is 8.96. The average Bonchev–Trinajstić information content (AvgIpc) is 2.79. The fraction of sp³-hybridized carbons (Fsp3) is 0.316. The van der Waals surface area contributed by atoms with E-state index in [0.717, 1.165) is 4.47 Å². The fourth-order valence-corrected chi connectivity index (χ4v) is 4.53. The Morgan fingerprint density at radius 1 is 1.31 bits per heavy atom. The summed E-state index contributed by atoms with van der Waals surface area (Å²) in [6.07, 6.45) is 0.734. The van der Waals surface area contributed by atoms with Gasteiger partial charge in [-0.1, -0.05) is 29.8 Å². The van der Waals surface area contributed by atoms with Gasteiger partial charge in [-0.3, -0.25) is 9.59 Å². The molecular formula is C19H16BrN3O3. The van der Waals surface area contributed by atoms with Gasteiger partial charge in [-0.2, -0.15) is 5.26 Å². The maximum Gasteiger partial charge on any atom is 0.245 e. The largest absolute Gasteiger partial charge is 0.444 e. The van der Waals surface area contributed by atoms with E-state index in [2.05, 4.69) is 21.2 Å². The number of carbonyl (C=O) groups is 2. The second kappa shape index (κ2) is 5.21. The average molecular weight is 414 g/mol. The van der Waals surface area contributed by atoms with Crippen molar-refractivity contribution in [1.29, 1.82) is 5.26 Å². The van der Waals surface area contributed by atoms with Crippen LogP contribution in [-0.4, -0.2) is 11.7 Å². The van der Waals surface area contributed by atoms with Crippen molar-refractivity contribution in [3.8, 4) is 6.07 Å². The highest BCUT2D eigenvalue weighted by molar-refractivity contribution is 9.10. The van der Waals surface area contributed by atoms with Crippen LogP contribution >= 0.6 is 15.9 Å². The van der Waals surface area contributed by atoms with Crippen molar-refractivity contribution in [3.63, 3.8) is 0 Å². The summed E-state index contributed by atoms with van der Waals surface area (Å²) in [6, 6.07) is 7.30. The summed E-state index contributed by atoms with van der Waals surface area (Å²) >= 11 is 3.41. The number of nitrogens with two attached hydrogens (primary N) is 1. The van der Waals surface area contributed by atoms with Crippen LogP contribution in [0.1, 0.15) is 32.3 Å². The van der Waals surface area contributed by atoms with Crippen LogP contribution in [0.2, 0.25) is 0 Å². The Morgan fingerprint density at radius 2 is 2.04 bits per heavy atom. The second-order valence-electron chi connectivity index (χ2n) is 7.59. The van der Waals surface area contributed by atoms with Gasteiger partial charge in [-0.25, -0.2) is 0 Å². The zero-order valence-electron chi connectivity index (χ0n) is 14.3. The molecule has 2 heterocycles. The van der Waals surface area contributed by atoms with Crippen molar-refractivity contribution in [2.24, 2.45) is 11.1 Å². The van der Waals surface area contributed by atoms with Crippen LogP contribution in [0.4, 0.5) is 5.69 Å². The number of benzene rings is 1. The lowest BCUT2D eigenvalue weighted by Gasteiger charge is -2.41. The zero-order valence-corrected chi connectivity index (χ0v) is 15.9. The summed E-state index contributed by atoms with van der Waals surface area (Å²) in [7, 11) is 0. The molecule has 0 saturated heterocycles. The Hall–Kier alpha value is -2.59. The second-order valence-corrected chi connectivity index (χ2v) is 8.50. The summed E-state index contributed by atoms with van der Waals surface area (Å²) in [5.74, 6) is -0.390. The van der Waals surface area contributed by atoms with Gasteiger partial charge >= 0.3 is 0 Å². The van der Waals surface area contributed by atoms with Crippen LogP contribution in [0.3, 0.4) is 0 Å². The highest BCUT2D eigenvalue weighted by atomic mass is 79.9. The molecule has 0 saturated carbocycles. The van der Waals surface area contributed by atoms with Crippen molar-refractivity contribution in [1.82, 2.24) is 0 Å². The minimum atomic E-state index is -1.56. The number of nitrogens with zero attached hydrogens (tertiary/aromatic N) is 1. The number of Topliss-reactive ketones (excluding diaryl/α,β-unsaturated/α-hetero) is 1. The number of amides is 1. The van der Waals surface area contributed by atoms with Gasteiger partial charge in [0, 0.05) is 28.6 Å². The smallest absolute Gasteiger partial charge is 0.245 e. The summed E-state index contributed by atoms with van der Waals surface area (Å²) in [6.45, 7) is 3.92. The lowest BCUT2D eigenvalue weighted by atomic mass is 9.62. The molecular weight excluding hydrogens is 398 g/mol. The molecule has 0 radical (unpaired) electrons. The molecule has 0 fully saturated rings. The van der Waals surface area contributed by atoms with E-state index in [4.69, 9.17) is 10.5 Å². The third kappa shape index (κ3) is 2.02. The SMILES string of the molecule is CC1(C)CC(=O)C2=C(C1)OC(N)=C(C#N)[C@@]21C(=O)Nc2ccc(Br)cc21. The lowest BCUT2D eigenvalue weighted by molar-refractivity contribution is -0.124. The number of ketones is 1. The van der Waals surface area contributed by atoms with Gasteiger partial charge in [-0.05, 0) is 23.6 Å². The Balaban J connectivity index is 2.10. The van der Waals surface area contributed by atoms with E-state index in [1.54, 1.807) is 18.2 Å². The number of nitrogens with one attached hydrogen (secondary N) is 1. The summed E-state index contributed by atoms with van der Waals surface area (Å²) in [4.78, 5) is 26.3. The quantitative estimate of drug-likeness (QED) is 0.679. The normalized spacial score (nSPS) is 26.2. The molecule has 26 heavy (non-hydrogen) atoms. The maximum absolute atomic E-state index is 13.2. The molecule has 1 atom stereocenters. The van der Waals surface area contributed by atoms with Gasteiger partial charge in [0.2, 0.25) is 11.8 Å². The molecule has 2 aliphatic heterocycles. The zero-order chi connectivity index (χ0) is 18.9. The first-order valence-electron chi connectivity index (χ1n) is 8.17. The Bertz CT molecular complexity index is 1000. The van der Waals surface area contributed by atoms with Crippen LogP contribution in [0.5, 0.6) is 0 Å². The summed E-state index contributed by atoms with van der Waals surface area (Å²) in [5.41, 5.74) is 5.47. The number of hydrogen-bond acceptors (Lipinski definition) is 5. The number of nitriles is 1. The Morgan fingerprint density at radius 3 is 2.73 bits per heavy atom. The van der Waals surface area contributed by atoms with Crippen molar-refractivity contribution in [2.45, 2.75) is 32.1 Å². The molecule has 6 nitrogen and oxygen atoms in total. The Kier molecular flexibility index (Phi) is 3.38. The summed E-state index contributed by atoms with van der Waals surface area (Å²) in [5, 5.41) is 12.6. The molecule has 0 aromatic heterocycles. The number of fused-ring (bicyclic) bond motifs is 3. The highest BCUT2D eigenvalue weighted by Crippen LogP contribution is 2.56. The fourth-order valence-electron chi connectivity index (χ4n) is 4.17. The lowest BCUT2D eigenvalue weighted by Crippen LogP contribution is -2.48. The number of halogens is 1. The Labute approximate surface area is 158 Å². The molecule has 1 aliphatic carbocycles. The van der Waals surface area contributed by atoms with Gasteiger partial charge in [0.05, 0.1) is 5.57 Å². The van der Waals surface area contributed by atoms with Crippen LogP contribution in [0.15, 0.2) is 45.5 Å². The predicted octanol–water partition coefficient (Wildman–Crippen LogP) is 3.01. The molecule has 0 bridgehead atoms. The van der Waals surface area contributed by atoms with E-state index in [0.29, 0.717) is 23.4 Å². The molecule has 0 unspecified atom stereocenters. The number of carbonyl (C=O) groups excluding carboxylic acids is 2. The van der Waals surface area contributed by atoms with Crippen molar-refractivity contribution in [3.05, 3.63) is 51.0 Å². The standard InChI is InChI=1S/C19H16BrN3O3/c1-18(2)6-13(24)15-14(7-18)26-16(22)11(8-21)19(15)10-5-9(20)3-4-12(10)23-17(19)25/h3-5H,6-7,22H2,1-2H3,(H,23,25)/t19-/m1/s1. The molecule has 7 heteroatoms. The van der Waals surface area contributed by atoms with E-state index in [9.17, 15) is 14.9 Å². The van der Waals surface area contributed by atoms with Gasteiger partial charge in [0.25, 0.3) is 0 Å². The van der Waals surface area contributed by atoms with E-state index < -0.39 is 11.3 Å². The van der Waals surface area contributed by atoms with Crippen LogP contribution < -0.4 is 11.1 Å². The van der Waals surface area contributed by atoms with E-state index in [1.165, 1.54) is 0 Å². The first-order chi connectivity index (χ1) is 12.2. The predicted molar refractivity (Wildman–Crippen MR) is 97.4 cm³/mol. The monoisotopic (exact) mass is 413 g/mol. The van der Waals surface area contributed by atoms with E-state index in [-0.39, 0.29) is 34.6 Å². The topological polar surface area (TPSA) is 105 Å². The third-order valence-corrected chi connectivity index (χ3v) is 5.64. The van der Waals surface area contributed by atoms with Gasteiger partial charge < -0.3 is 15.8 Å². The third-order valence-electron chi connectivity index (χ3n) is 5.15. The molecule has 132 valence electrons. The van der Waals surface area contributed by atoms with Gasteiger partial charge in [-0.15, -0.1) is 0 Å². The minimum absolute atomic E-state index is 0.0429. The highest BCUT2D eigenvalue weighted by Gasteiger charge is 2.60. The molecule has 1 aromatic rings. The first kappa shape index (κ1) is 16.9. The van der Waals surface area contributed by atoms with Crippen LogP contribution in [0.25, 0.3) is 0 Å². The minimum Gasteiger partial charge on any atom is -0.444 e. The van der Waals surface area contributed by atoms with Crippen molar-refractivity contribution in [2.75, 3.05) is 5.32 Å². The number of ether oxygens (including phenoxy) is 1. The molecule has 1 amide bonds. The molecule has 4 rings (SSSR count). The van der Waals surface area contributed by atoms with Crippen molar-refractivity contribution < 1.29 is 14.3 Å². The molecule has 1 spiro atoms. The van der Waals surface area contributed by atoms with Gasteiger partial charge in [0.1, 0.15) is 22.8 Å². The number of allylic oxidation sites excluding steroid dienone is 1. The van der Waals surface area contributed by atoms with Gasteiger partial charge in [0.15, 0.2) is 5.78 Å². The van der Waals surface area contributed by atoms with Crippen LogP contribution in [-0.2, 0) is 19.7 Å². The molecule has 3 aliphatic rings. The summed E-state index contributed by atoms with van der Waals surface area (Å²) < 4.78 is 6.42. The van der Waals surface area contributed by atoms with Crippen LogP contribution in [0, 0.1) is 16.7 Å².